The van der Waals surface area contributed by atoms with Gasteiger partial charge in [-0.15, -0.1) is 0 Å². The summed E-state index contributed by atoms with van der Waals surface area (Å²) >= 11 is 0. The van der Waals surface area contributed by atoms with Crippen molar-refractivity contribution < 1.29 is 24.5 Å². The van der Waals surface area contributed by atoms with E-state index in [4.69, 9.17) is 4.74 Å². The largest absolute Gasteiger partial charge is 0.466 e. The van der Waals surface area contributed by atoms with Gasteiger partial charge in [-0.25, -0.2) is 0 Å². The highest BCUT2D eigenvalue weighted by molar-refractivity contribution is 5.76. The maximum atomic E-state index is 12.5. The zero-order valence-corrected chi connectivity index (χ0v) is 62.1. The molecule has 0 bridgehead atoms. The van der Waals surface area contributed by atoms with E-state index in [-0.39, 0.29) is 18.5 Å². The maximum Gasteiger partial charge on any atom is 0.305 e. The number of hydrogen-bond acceptors (Lipinski definition) is 5. The van der Waals surface area contributed by atoms with Crippen molar-refractivity contribution in [3.63, 3.8) is 0 Å². The van der Waals surface area contributed by atoms with E-state index in [0.29, 0.717) is 25.9 Å². The topological polar surface area (TPSA) is 95.9 Å². The van der Waals surface area contributed by atoms with E-state index >= 15 is 0 Å². The summed E-state index contributed by atoms with van der Waals surface area (Å²) in [6, 6.07) is -0.539. The predicted molar refractivity (Wildman–Crippen MR) is 403 cm³/mol. The molecule has 0 saturated carbocycles. The lowest BCUT2D eigenvalue weighted by molar-refractivity contribution is -0.143. The van der Waals surface area contributed by atoms with Crippen LogP contribution < -0.4 is 5.32 Å². The maximum absolute atomic E-state index is 12.5. The van der Waals surface area contributed by atoms with Crippen LogP contribution in [0.1, 0.15) is 483 Å². The Morgan fingerprint density at radius 1 is 0.308 bits per heavy atom. The number of nitrogens with one attached hydrogen (secondary N) is 1. The van der Waals surface area contributed by atoms with Crippen LogP contribution in [-0.4, -0.2) is 47.4 Å². The van der Waals surface area contributed by atoms with Gasteiger partial charge in [0.15, 0.2) is 0 Å². The first-order chi connectivity index (χ1) is 45.0. The van der Waals surface area contributed by atoms with Crippen molar-refractivity contribution in [2.45, 2.75) is 495 Å². The minimum Gasteiger partial charge on any atom is -0.466 e. The first kappa shape index (κ1) is 89.3. The van der Waals surface area contributed by atoms with E-state index in [9.17, 15) is 19.8 Å². The minimum atomic E-state index is -0.662. The van der Waals surface area contributed by atoms with Gasteiger partial charge in [0.05, 0.1) is 25.4 Å². The number of allylic oxidation sites excluding steroid dienone is 4. The molecule has 1 amide bonds. The SMILES string of the molecule is CCCCCCCCCCCCCCCCCCCCCC(=O)OCCCCCCCCCCCCCCCCC/C=C\C/C=C\CCCCCCCCCCCCCCCCCCCC(=O)NC(CO)C(O)CCCCCCCCCCCCCCCCCC. The molecule has 0 heterocycles. The number of aliphatic hydroxyl groups is 2. The van der Waals surface area contributed by atoms with Crippen molar-refractivity contribution in [2.24, 2.45) is 0 Å². The van der Waals surface area contributed by atoms with E-state index < -0.39 is 12.1 Å². The van der Waals surface area contributed by atoms with Crippen molar-refractivity contribution in [3.8, 4) is 0 Å². The van der Waals surface area contributed by atoms with Gasteiger partial charge in [0, 0.05) is 12.8 Å². The molecular weight excluding hydrogens is 1110 g/mol. The zero-order valence-electron chi connectivity index (χ0n) is 62.1. The van der Waals surface area contributed by atoms with Crippen LogP contribution in [0.5, 0.6) is 0 Å². The number of ether oxygens (including phenoxy) is 1. The lowest BCUT2D eigenvalue weighted by Gasteiger charge is -2.22. The lowest BCUT2D eigenvalue weighted by Crippen LogP contribution is -2.45. The molecule has 0 aliphatic heterocycles. The van der Waals surface area contributed by atoms with Crippen molar-refractivity contribution in [3.05, 3.63) is 24.3 Å². The number of hydrogen-bond donors (Lipinski definition) is 3. The second kappa shape index (κ2) is 80.8. The third kappa shape index (κ3) is 77.2. The van der Waals surface area contributed by atoms with Crippen molar-refractivity contribution >= 4 is 11.9 Å². The number of rotatable bonds is 80. The molecule has 0 aromatic carbocycles. The fourth-order valence-corrected chi connectivity index (χ4v) is 13.6. The van der Waals surface area contributed by atoms with Crippen molar-refractivity contribution in [1.82, 2.24) is 5.32 Å². The highest BCUT2D eigenvalue weighted by atomic mass is 16.5. The third-order valence-electron chi connectivity index (χ3n) is 20.0. The van der Waals surface area contributed by atoms with Gasteiger partial charge in [-0.3, -0.25) is 9.59 Å². The molecule has 0 fully saturated rings. The number of carbonyl (C=O) groups excluding carboxylic acids is 2. The molecule has 6 nitrogen and oxygen atoms in total. The van der Waals surface area contributed by atoms with Gasteiger partial charge in [-0.1, -0.05) is 436 Å². The van der Waals surface area contributed by atoms with Gasteiger partial charge < -0.3 is 20.3 Å². The second-order valence-corrected chi connectivity index (χ2v) is 29.2. The average molecular weight is 1280 g/mol. The van der Waals surface area contributed by atoms with Crippen LogP contribution in [0.25, 0.3) is 0 Å². The smallest absolute Gasteiger partial charge is 0.305 e. The Kier molecular flexibility index (Phi) is 79.3. The first-order valence-electron chi connectivity index (χ1n) is 42.1. The van der Waals surface area contributed by atoms with Gasteiger partial charge in [-0.05, 0) is 57.8 Å². The molecule has 540 valence electrons. The summed E-state index contributed by atoms with van der Waals surface area (Å²) in [6.07, 6.45) is 104. The van der Waals surface area contributed by atoms with Crippen molar-refractivity contribution in [1.29, 1.82) is 0 Å². The van der Waals surface area contributed by atoms with Crippen LogP contribution >= 0.6 is 0 Å². The summed E-state index contributed by atoms with van der Waals surface area (Å²) in [6.45, 7) is 5.01. The Balaban J connectivity index is 3.33. The van der Waals surface area contributed by atoms with Crippen LogP contribution in [0.15, 0.2) is 24.3 Å². The van der Waals surface area contributed by atoms with Gasteiger partial charge in [0.2, 0.25) is 5.91 Å². The van der Waals surface area contributed by atoms with Crippen LogP contribution in [0.3, 0.4) is 0 Å². The Morgan fingerprint density at radius 3 is 0.835 bits per heavy atom. The Labute approximate surface area is 571 Å². The fraction of sp³-hybridized carbons (Fsp3) is 0.929. The standard InChI is InChI=1S/C85H165NO5/c1-3-5-7-9-11-13-15-17-19-21-43-47-51-55-59-63-67-71-75-79-85(90)91-80-76-72-68-64-60-56-52-48-45-42-40-38-36-34-32-30-28-26-24-22-23-25-27-29-31-33-35-37-39-41-44-46-50-54-58-62-66-70-74-78-84(89)86-82(81-87)83(88)77-73-69-65-61-57-53-49-20-18-16-14-12-10-8-6-4-2/h22-23,26,28,82-83,87-88H,3-21,24-25,27,29-81H2,1-2H3,(H,86,89)/b23-22-,28-26-. The summed E-state index contributed by atoms with van der Waals surface area (Å²) in [5, 5.41) is 23.4. The molecule has 0 radical (unpaired) electrons. The third-order valence-corrected chi connectivity index (χ3v) is 20.0. The molecule has 0 aromatic heterocycles. The summed E-state index contributed by atoms with van der Waals surface area (Å²) in [5.74, 6) is -0.00148. The van der Waals surface area contributed by atoms with Crippen LogP contribution in [0.4, 0.5) is 0 Å². The summed E-state index contributed by atoms with van der Waals surface area (Å²) in [4.78, 5) is 24.7. The van der Waals surface area contributed by atoms with Crippen LogP contribution in [0.2, 0.25) is 0 Å². The number of aliphatic hydroxyl groups excluding tert-OH is 2. The molecular formula is C85H165NO5. The van der Waals surface area contributed by atoms with Gasteiger partial charge >= 0.3 is 5.97 Å². The van der Waals surface area contributed by atoms with E-state index in [2.05, 4.69) is 43.5 Å². The highest BCUT2D eigenvalue weighted by Crippen LogP contribution is 2.21. The quantitative estimate of drug-likeness (QED) is 0.0320. The van der Waals surface area contributed by atoms with Gasteiger partial charge in [0.1, 0.15) is 0 Å². The minimum absolute atomic E-state index is 0.0263. The Bertz CT molecular complexity index is 1430. The van der Waals surface area contributed by atoms with E-state index in [1.54, 1.807) is 0 Å². The van der Waals surface area contributed by atoms with Crippen molar-refractivity contribution in [2.75, 3.05) is 13.2 Å². The summed E-state index contributed by atoms with van der Waals surface area (Å²) in [5.41, 5.74) is 0. The molecule has 0 spiro atoms. The number of esters is 1. The van der Waals surface area contributed by atoms with Gasteiger partial charge in [0.25, 0.3) is 0 Å². The van der Waals surface area contributed by atoms with Crippen LogP contribution in [-0.2, 0) is 14.3 Å². The summed E-state index contributed by atoms with van der Waals surface area (Å²) in [7, 11) is 0. The molecule has 0 rings (SSSR count). The van der Waals surface area contributed by atoms with Gasteiger partial charge in [-0.2, -0.15) is 0 Å². The van der Waals surface area contributed by atoms with Crippen LogP contribution in [0, 0.1) is 0 Å². The molecule has 0 aliphatic carbocycles. The number of carbonyl (C=O) groups is 2. The molecule has 2 atom stereocenters. The average Bonchev–Trinajstić information content (AvgIpc) is 3.67. The fourth-order valence-electron chi connectivity index (χ4n) is 13.6. The highest BCUT2D eigenvalue weighted by Gasteiger charge is 2.20. The molecule has 6 heteroatoms. The van der Waals surface area contributed by atoms with E-state index in [1.165, 1.54) is 405 Å². The lowest BCUT2D eigenvalue weighted by atomic mass is 10.0. The molecule has 3 N–H and O–H groups in total. The predicted octanol–water partition coefficient (Wildman–Crippen LogP) is 28.0. The van der Waals surface area contributed by atoms with E-state index in [0.717, 1.165) is 44.9 Å². The van der Waals surface area contributed by atoms with E-state index in [1.807, 2.05) is 0 Å². The Morgan fingerprint density at radius 2 is 0.549 bits per heavy atom. The molecule has 0 aromatic rings. The monoisotopic (exact) mass is 1280 g/mol. The normalized spacial score (nSPS) is 12.5. The molecule has 0 saturated heterocycles. The number of amides is 1. The first-order valence-corrected chi connectivity index (χ1v) is 42.1. The summed E-state index contributed by atoms with van der Waals surface area (Å²) < 4.78 is 5.52. The second-order valence-electron chi connectivity index (χ2n) is 29.2. The molecule has 0 aliphatic rings. The molecule has 91 heavy (non-hydrogen) atoms. The Hall–Kier alpha value is -1.66. The molecule has 2 unspecified atom stereocenters. The zero-order chi connectivity index (χ0) is 65.6. The number of unbranched alkanes of at least 4 members (excludes halogenated alkanes) is 65.